The van der Waals surface area contributed by atoms with E-state index >= 15 is 0 Å². The van der Waals surface area contributed by atoms with Crippen molar-refractivity contribution >= 4 is 16.9 Å². The Hall–Kier alpha value is -4.89. The van der Waals surface area contributed by atoms with E-state index in [1.54, 1.807) is 6.92 Å². The first kappa shape index (κ1) is 23.5. The molecule has 0 radical (unpaired) electrons. The van der Waals surface area contributed by atoms with Crippen LogP contribution in [0.15, 0.2) is 132 Å². The Morgan fingerprint density at radius 2 is 0.974 bits per heavy atom. The molecule has 5 aromatic carbocycles. The van der Waals surface area contributed by atoms with Crippen LogP contribution in [0.1, 0.15) is 17.5 Å². The lowest BCUT2D eigenvalue weighted by molar-refractivity contribution is 0.0492. The highest BCUT2D eigenvalue weighted by molar-refractivity contribution is 6.17. The Bertz CT molecular complexity index is 1580. The number of esters is 1. The van der Waals surface area contributed by atoms with E-state index in [1.165, 1.54) is 0 Å². The topological polar surface area (TPSA) is 39.4 Å². The van der Waals surface area contributed by atoms with Crippen LogP contribution in [-0.4, -0.2) is 12.6 Å². The third-order valence-electron chi connectivity index (χ3n) is 6.70. The quantitative estimate of drug-likeness (QED) is 0.217. The highest BCUT2D eigenvalue weighted by Gasteiger charge is 2.27. The van der Waals surface area contributed by atoms with Crippen LogP contribution in [0.25, 0.3) is 55.5 Å². The van der Waals surface area contributed by atoms with Crippen molar-refractivity contribution in [2.45, 2.75) is 6.92 Å². The summed E-state index contributed by atoms with van der Waals surface area (Å²) in [5.74, 6) is -0.273. The van der Waals surface area contributed by atoms with Crippen LogP contribution in [0.3, 0.4) is 0 Å². The van der Waals surface area contributed by atoms with Crippen molar-refractivity contribution in [2.75, 3.05) is 6.61 Å². The zero-order valence-corrected chi connectivity index (χ0v) is 21.1. The van der Waals surface area contributed by atoms with Crippen LogP contribution < -0.4 is 0 Å². The fourth-order valence-electron chi connectivity index (χ4n) is 5.14. The molecule has 0 amide bonds. The lowest BCUT2D eigenvalue weighted by atomic mass is 9.81. The SMILES string of the molecule is CCOC(=O)c1cc2c(-c3ccccc3)c(-c3ccccc3)c(-c3ccccc3)c(-c3ccccc3)c2o1. The summed E-state index contributed by atoms with van der Waals surface area (Å²) in [7, 11) is 0. The van der Waals surface area contributed by atoms with Gasteiger partial charge < -0.3 is 9.15 Å². The van der Waals surface area contributed by atoms with Gasteiger partial charge in [-0.2, -0.15) is 0 Å². The summed E-state index contributed by atoms with van der Waals surface area (Å²) in [6.07, 6.45) is 0. The van der Waals surface area contributed by atoms with Crippen molar-refractivity contribution < 1.29 is 13.9 Å². The maximum absolute atomic E-state index is 12.9. The molecule has 38 heavy (non-hydrogen) atoms. The van der Waals surface area contributed by atoms with Crippen molar-refractivity contribution in [2.24, 2.45) is 0 Å². The fourth-order valence-corrected chi connectivity index (χ4v) is 5.14. The maximum Gasteiger partial charge on any atom is 0.374 e. The first-order chi connectivity index (χ1) is 18.8. The monoisotopic (exact) mass is 494 g/mol. The number of ether oxygens (including phenoxy) is 1. The van der Waals surface area contributed by atoms with E-state index in [0.717, 1.165) is 49.9 Å². The average molecular weight is 495 g/mol. The normalized spacial score (nSPS) is 11.0. The Kier molecular flexibility index (Phi) is 6.33. The van der Waals surface area contributed by atoms with Crippen LogP contribution >= 0.6 is 0 Å². The second-order valence-corrected chi connectivity index (χ2v) is 9.04. The Morgan fingerprint density at radius 3 is 1.42 bits per heavy atom. The van der Waals surface area contributed by atoms with Crippen molar-refractivity contribution in [3.05, 3.63) is 133 Å². The Morgan fingerprint density at radius 1 is 0.579 bits per heavy atom. The molecule has 6 aromatic rings. The summed E-state index contributed by atoms with van der Waals surface area (Å²) < 4.78 is 11.8. The smallest absolute Gasteiger partial charge is 0.374 e. The van der Waals surface area contributed by atoms with E-state index in [1.807, 2.05) is 54.6 Å². The van der Waals surface area contributed by atoms with Crippen LogP contribution in [0, 0.1) is 0 Å². The molecule has 0 atom stereocenters. The van der Waals surface area contributed by atoms with Crippen molar-refractivity contribution in [1.82, 2.24) is 0 Å². The van der Waals surface area contributed by atoms with Crippen LogP contribution in [0.2, 0.25) is 0 Å². The molecule has 0 aliphatic carbocycles. The number of hydrogen-bond acceptors (Lipinski definition) is 3. The molecule has 0 spiro atoms. The largest absolute Gasteiger partial charge is 0.460 e. The van der Waals surface area contributed by atoms with Gasteiger partial charge in [0.05, 0.1) is 6.61 Å². The van der Waals surface area contributed by atoms with Gasteiger partial charge in [0, 0.05) is 28.1 Å². The van der Waals surface area contributed by atoms with Gasteiger partial charge in [-0.15, -0.1) is 0 Å². The summed E-state index contributed by atoms with van der Waals surface area (Å²) in [5.41, 5.74) is 8.98. The molecular weight excluding hydrogens is 468 g/mol. The van der Waals surface area contributed by atoms with Crippen molar-refractivity contribution in [3.8, 4) is 44.5 Å². The van der Waals surface area contributed by atoms with E-state index in [0.29, 0.717) is 5.58 Å². The van der Waals surface area contributed by atoms with Gasteiger partial charge in [0.25, 0.3) is 0 Å². The highest BCUT2D eigenvalue weighted by atomic mass is 16.5. The molecule has 6 rings (SSSR count). The van der Waals surface area contributed by atoms with Crippen LogP contribution in [-0.2, 0) is 4.74 Å². The molecule has 184 valence electrons. The number of carbonyl (C=O) groups excluding carboxylic acids is 1. The van der Waals surface area contributed by atoms with Gasteiger partial charge in [0.1, 0.15) is 5.58 Å². The minimum absolute atomic E-state index is 0.195. The number of fused-ring (bicyclic) bond motifs is 1. The summed E-state index contributed by atoms with van der Waals surface area (Å²) >= 11 is 0. The standard InChI is InChI=1S/C35H26O3/c1-2-37-35(36)29-23-28-30(24-15-7-3-8-16-24)31(25-17-9-4-10-18-25)32(26-19-11-5-12-20-26)33(34(28)38-29)27-21-13-6-14-22-27/h3-23H,2H2,1H3. The molecule has 3 heteroatoms. The van der Waals surface area contributed by atoms with Gasteiger partial charge in [-0.05, 0) is 34.7 Å². The van der Waals surface area contributed by atoms with E-state index in [9.17, 15) is 4.79 Å². The number of rotatable bonds is 6. The predicted molar refractivity (Wildman–Crippen MR) is 154 cm³/mol. The first-order valence-corrected chi connectivity index (χ1v) is 12.8. The van der Waals surface area contributed by atoms with Gasteiger partial charge >= 0.3 is 5.97 Å². The molecule has 0 aliphatic heterocycles. The molecule has 0 unspecified atom stereocenters. The zero-order chi connectivity index (χ0) is 25.9. The third-order valence-corrected chi connectivity index (χ3v) is 6.70. The number of benzene rings is 5. The lowest BCUT2D eigenvalue weighted by Gasteiger charge is -2.22. The summed E-state index contributed by atoms with van der Waals surface area (Å²) in [6, 6.07) is 43.2. The fraction of sp³-hybridized carbons (Fsp3) is 0.0571. The van der Waals surface area contributed by atoms with Gasteiger partial charge in [-0.25, -0.2) is 4.79 Å². The van der Waals surface area contributed by atoms with Crippen molar-refractivity contribution in [1.29, 1.82) is 0 Å². The predicted octanol–water partition coefficient (Wildman–Crippen LogP) is 9.28. The molecular formula is C35H26O3. The molecule has 0 saturated carbocycles. The molecule has 0 aliphatic rings. The second-order valence-electron chi connectivity index (χ2n) is 9.04. The Balaban J connectivity index is 1.87. The van der Waals surface area contributed by atoms with Crippen LogP contribution in [0.4, 0.5) is 0 Å². The maximum atomic E-state index is 12.9. The molecule has 0 fully saturated rings. The van der Waals surface area contributed by atoms with E-state index in [-0.39, 0.29) is 12.4 Å². The van der Waals surface area contributed by atoms with Crippen LogP contribution in [0.5, 0.6) is 0 Å². The molecule has 0 N–H and O–H groups in total. The average Bonchev–Trinajstić information content (AvgIpc) is 3.43. The summed E-state index contributed by atoms with van der Waals surface area (Å²) in [5, 5.41) is 0.872. The lowest BCUT2D eigenvalue weighted by Crippen LogP contribution is -2.02. The minimum atomic E-state index is -0.468. The molecule has 1 aromatic heterocycles. The third kappa shape index (κ3) is 4.18. The summed E-state index contributed by atoms with van der Waals surface area (Å²) in [6.45, 7) is 2.07. The minimum Gasteiger partial charge on any atom is -0.460 e. The van der Waals surface area contributed by atoms with Gasteiger partial charge in [0.15, 0.2) is 0 Å². The van der Waals surface area contributed by atoms with Gasteiger partial charge in [0.2, 0.25) is 5.76 Å². The Labute approximate surface area is 222 Å². The summed E-state index contributed by atoms with van der Waals surface area (Å²) in [4.78, 5) is 12.9. The van der Waals surface area contributed by atoms with Gasteiger partial charge in [-0.3, -0.25) is 0 Å². The molecule has 1 heterocycles. The molecule has 3 nitrogen and oxygen atoms in total. The van der Waals surface area contributed by atoms with E-state index in [4.69, 9.17) is 9.15 Å². The second kappa shape index (κ2) is 10.2. The zero-order valence-electron chi connectivity index (χ0n) is 21.1. The molecule has 0 bridgehead atoms. The number of hydrogen-bond donors (Lipinski definition) is 0. The highest BCUT2D eigenvalue weighted by Crippen LogP contribution is 2.51. The molecule has 0 saturated heterocycles. The number of furan rings is 1. The van der Waals surface area contributed by atoms with Gasteiger partial charge in [-0.1, -0.05) is 121 Å². The first-order valence-electron chi connectivity index (χ1n) is 12.8. The van der Waals surface area contributed by atoms with E-state index < -0.39 is 5.97 Å². The number of carbonyl (C=O) groups is 1. The van der Waals surface area contributed by atoms with E-state index in [2.05, 4.69) is 72.8 Å². The van der Waals surface area contributed by atoms with Crippen molar-refractivity contribution in [3.63, 3.8) is 0 Å².